The molecule has 1 aromatic rings. The van der Waals surface area contributed by atoms with Crippen molar-refractivity contribution in [3.05, 3.63) is 5.89 Å². The molecule has 0 aliphatic rings. The Labute approximate surface area is 69.0 Å². The summed E-state index contributed by atoms with van der Waals surface area (Å²) < 4.78 is 5.09. The van der Waals surface area contributed by atoms with Gasteiger partial charge in [-0.1, -0.05) is 11.8 Å². The molecule has 3 nitrogen and oxygen atoms in total. The van der Waals surface area contributed by atoms with E-state index in [9.17, 15) is 0 Å². The highest BCUT2D eigenvalue weighted by molar-refractivity contribution is 7.99. The van der Waals surface area contributed by atoms with Gasteiger partial charge in [0.2, 0.25) is 5.89 Å². The Morgan fingerprint density at radius 3 is 2.90 bits per heavy atom. The van der Waals surface area contributed by atoms with E-state index in [2.05, 4.69) is 22.8 Å². The molecule has 0 radical (unpaired) electrons. The summed E-state index contributed by atoms with van der Waals surface area (Å²) in [6, 6.07) is 0. The van der Waals surface area contributed by atoms with Gasteiger partial charge in [0, 0.05) is 12.7 Å². The van der Waals surface area contributed by atoms with Crippen LogP contribution in [0.5, 0.6) is 0 Å². The molecule has 0 unspecified atom stereocenters. The van der Waals surface area contributed by atoms with Crippen molar-refractivity contribution in [2.75, 3.05) is 11.5 Å². The lowest BCUT2D eigenvalue weighted by Gasteiger charge is -1.87. The van der Waals surface area contributed by atoms with E-state index >= 15 is 0 Å². The largest absolute Gasteiger partial charge is 0.416 e. The van der Waals surface area contributed by atoms with Gasteiger partial charge in [0.15, 0.2) is 0 Å². The molecule has 0 atom stereocenters. The Hall–Kier alpha value is -0.160. The first-order valence-corrected chi connectivity index (χ1v) is 4.48. The van der Waals surface area contributed by atoms with Crippen molar-refractivity contribution < 1.29 is 4.42 Å². The van der Waals surface area contributed by atoms with E-state index < -0.39 is 0 Å². The molecular weight excluding hydrogens is 168 g/mol. The Balaban J connectivity index is 2.42. The zero-order chi connectivity index (χ0) is 7.40. The first-order chi connectivity index (χ1) is 4.83. The minimum atomic E-state index is 0.613. The van der Waals surface area contributed by atoms with Crippen LogP contribution in [-0.4, -0.2) is 21.7 Å². The molecule has 1 rings (SSSR count). The van der Waals surface area contributed by atoms with Crippen LogP contribution >= 0.6 is 24.4 Å². The Morgan fingerprint density at radius 2 is 2.40 bits per heavy atom. The summed E-state index contributed by atoms with van der Waals surface area (Å²) in [5.41, 5.74) is 0. The number of hydrogen-bond acceptors (Lipinski definition) is 5. The van der Waals surface area contributed by atoms with E-state index in [0.717, 1.165) is 11.5 Å². The molecule has 5 heteroatoms. The lowest BCUT2D eigenvalue weighted by molar-refractivity contribution is 0.429. The van der Waals surface area contributed by atoms with E-state index in [0.29, 0.717) is 11.1 Å². The smallest absolute Gasteiger partial charge is 0.276 e. The van der Waals surface area contributed by atoms with E-state index in [1.54, 1.807) is 6.92 Å². The lowest BCUT2D eigenvalue weighted by Crippen LogP contribution is -1.78. The van der Waals surface area contributed by atoms with Crippen LogP contribution in [0.25, 0.3) is 0 Å². The van der Waals surface area contributed by atoms with Crippen molar-refractivity contribution in [1.82, 2.24) is 10.2 Å². The minimum absolute atomic E-state index is 0.613. The number of aryl methyl sites for hydroxylation is 1. The summed E-state index contributed by atoms with van der Waals surface area (Å²) in [5, 5.41) is 8.10. The van der Waals surface area contributed by atoms with Crippen molar-refractivity contribution in [1.29, 1.82) is 0 Å². The highest BCUT2D eigenvalue weighted by Crippen LogP contribution is 2.14. The standard InChI is InChI=1S/C5H8N2OS2/c1-4-6-7-5(8-4)10-3-2-9/h9H,2-3H2,1H3. The molecule has 0 bridgehead atoms. The van der Waals surface area contributed by atoms with Crippen LogP contribution in [0.2, 0.25) is 0 Å². The summed E-state index contributed by atoms with van der Waals surface area (Å²) in [6.07, 6.45) is 0. The fourth-order valence-electron chi connectivity index (χ4n) is 0.470. The third-order valence-electron chi connectivity index (χ3n) is 0.824. The molecule has 0 saturated heterocycles. The van der Waals surface area contributed by atoms with Gasteiger partial charge >= 0.3 is 0 Å². The van der Waals surface area contributed by atoms with Crippen molar-refractivity contribution in [2.45, 2.75) is 12.1 Å². The fourth-order valence-corrected chi connectivity index (χ4v) is 1.29. The normalized spacial score (nSPS) is 10.2. The maximum Gasteiger partial charge on any atom is 0.276 e. The van der Waals surface area contributed by atoms with Crippen molar-refractivity contribution in [2.24, 2.45) is 0 Å². The van der Waals surface area contributed by atoms with Crippen molar-refractivity contribution in [3.63, 3.8) is 0 Å². The number of hydrogen-bond donors (Lipinski definition) is 1. The molecule has 0 aliphatic heterocycles. The molecule has 10 heavy (non-hydrogen) atoms. The topological polar surface area (TPSA) is 38.9 Å². The van der Waals surface area contributed by atoms with Crippen LogP contribution < -0.4 is 0 Å². The molecule has 0 spiro atoms. The predicted octanol–water partition coefficient (Wildman–Crippen LogP) is 1.40. The van der Waals surface area contributed by atoms with Gasteiger partial charge in [-0.2, -0.15) is 12.6 Å². The monoisotopic (exact) mass is 176 g/mol. The van der Waals surface area contributed by atoms with E-state index in [4.69, 9.17) is 4.42 Å². The first kappa shape index (κ1) is 7.94. The van der Waals surface area contributed by atoms with E-state index in [-0.39, 0.29) is 0 Å². The van der Waals surface area contributed by atoms with Crippen LogP contribution in [0.3, 0.4) is 0 Å². The lowest BCUT2D eigenvalue weighted by atomic mass is 10.8. The van der Waals surface area contributed by atoms with E-state index in [1.807, 2.05) is 0 Å². The highest BCUT2D eigenvalue weighted by atomic mass is 32.2. The Morgan fingerprint density at radius 1 is 1.60 bits per heavy atom. The third kappa shape index (κ3) is 2.22. The van der Waals surface area contributed by atoms with Crippen LogP contribution in [-0.2, 0) is 0 Å². The molecule has 1 aromatic heterocycles. The van der Waals surface area contributed by atoms with Crippen LogP contribution in [0.1, 0.15) is 5.89 Å². The second-order valence-corrected chi connectivity index (χ2v) is 3.15. The summed E-state index contributed by atoms with van der Waals surface area (Å²) >= 11 is 5.57. The minimum Gasteiger partial charge on any atom is -0.416 e. The maximum absolute atomic E-state index is 5.09. The summed E-state index contributed by atoms with van der Waals surface area (Å²) in [5.74, 6) is 2.35. The molecule has 1 heterocycles. The van der Waals surface area contributed by atoms with Gasteiger partial charge in [-0.25, -0.2) is 0 Å². The maximum atomic E-state index is 5.09. The van der Waals surface area contributed by atoms with Gasteiger partial charge < -0.3 is 4.42 Å². The number of aromatic nitrogens is 2. The first-order valence-electron chi connectivity index (χ1n) is 2.86. The zero-order valence-electron chi connectivity index (χ0n) is 5.57. The summed E-state index contributed by atoms with van der Waals surface area (Å²) in [4.78, 5) is 0. The molecule has 0 aliphatic carbocycles. The zero-order valence-corrected chi connectivity index (χ0v) is 7.28. The third-order valence-corrected chi connectivity index (χ3v) is 2.17. The molecule has 0 fully saturated rings. The molecular formula is C5H8N2OS2. The van der Waals surface area contributed by atoms with Gasteiger partial charge in [0.05, 0.1) is 0 Å². The van der Waals surface area contributed by atoms with Gasteiger partial charge in [0.25, 0.3) is 5.22 Å². The SMILES string of the molecule is Cc1nnc(SCCS)o1. The molecule has 0 saturated carbocycles. The van der Waals surface area contributed by atoms with Gasteiger partial charge in [-0.15, -0.1) is 10.2 Å². The number of thioether (sulfide) groups is 1. The van der Waals surface area contributed by atoms with Crippen LogP contribution in [0.4, 0.5) is 0 Å². The fraction of sp³-hybridized carbons (Fsp3) is 0.600. The average molecular weight is 176 g/mol. The second-order valence-electron chi connectivity index (χ2n) is 1.66. The van der Waals surface area contributed by atoms with Crippen molar-refractivity contribution >= 4 is 24.4 Å². The summed E-state index contributed by atoms with van der Waals surface area (Å²) in [7, 11) is 0. The van der Waals surface area contributed by atoms with E-state index in [1.165, 1.54) is 11.8 Å². The van der Waals surface area contributed by atoms with Gasteiger partial charge in [-0.05, 0) is 5.75 Å². The Bertz CT molecular complexity index is 201. The molecule has 0 N–H and O–H groups in total. The van der Waals surface area contributed by atoms with Gasteiger partial charge in [-0.3, -0.25) is 0 Å². The average Bonchev–Trinajstić information content (AvgIpc) is 2.31. The quantitative estimate of drug-likeness (QED) is 0.558. The molecule has 0 aromatic carbocycles. The van der Waals surface area contributed by atoms with Crippen LogP contribution in [0.15, 0.2) is 9.64 Å². The number of thiol groups is 1. The van der Waals surface area contributed by atoms with Crippen LogP contribution in [0, 0.1) is 6.92 Å². The predicted molar refractivity (Wildman–Crippen MR) is 43.6 cm³/mol. The number of nitrogens with zero attached hydrogens (tertiary/aromatic N) is 2. The molecule has 56 valence electrons. The number of rotatable bonds is 3. The van der Waals surface area contributed by atoms with Gasteiger partial charge in [0.1, 0.15) is 0 Å². The van der Waals surface area contributed by atoms with Crippen molar-refractivity contribution in [3.8, 4) is 0 Å². The summed E-state index contributed by atoms with van der Waals surface area (Å²) in [6.45, 7) is 1.78. The second kappa shape index (κ2) is 3.88. The molecule has 0 amide bonds. The highest BCUT2D eigenvalue weighted by Gasteiger charge is 1.99. The Kier molecular flexibility index (Phi) is 3.08.